The van der Waals surface area contributed by atoms with Crippen LogP contribution in [0.3, 0.4) is 0 Å². The second-order valence-electron chi connectivity index (χ2n) is 2.47. The maximum Gasteiger partial charge on any atom is 0.365 e. The molecule has 0 aliphatic rings. The standard InChI is InChI=1S/CH2F10N2OS2/c2-15(3,4,5,6)12-1(14)13-16(7,8,9,10)11/h(H2,12,13,14). The summed E-state index contributed by atoms with van der Waals surface area (Å²) < 4.78 is 110. The highest BCUT2D eigenvalue weighted by Crippen LogP contribution is 2.96. The molecule has 2 N–H and O–H groups in total. The van der Waals surface area contributed by atoms with Gasteiger partial charge in [0.1, 0.15) is 0 Å². The Morgan fingerprint density at radius 3 is 0.938 bits per heavy atom. The van der Waals surface area contributed by atoms with Crippen molar-refractivity contribution in [3.05, 3.63) is 0 Å². The molecule has 0 rings (SSSR count). The van der Waals surface area contributed by atoms with Gasteiger partial charge in [0.25, 0.3) is 0 Å². The lowest BCUT2D eigenvalue weighted by Crippen LogP contribution is -2.45. The van der Waals surface area contributed by atoms with Crippen LogP contribution in [0.1, 0.15) is 0 Å². The molecule has 104 valence electrons. The quantitative estimate of drug-likeness (QED) is 0.712. The van der Waals surface area contributed by atoms with E-state index in [9.17, 15) is 43.7 Å². The number of carbonyl (C=O) groups is 1. The van der Waals surface area contributed by atoms with Gasteiger partial charge in [-0.05, 0) is 0 Å². The Bertz CT molecular complexity index is 296. The number of hydrogen-bond donors (Lipinski definition) is 2. The third-order valence-corrected chi connectivity index (χ3v) is 1.71. The zero-order valence-electron chi connectivity index (χ0n) is 6.50. The molecule has 15 heteroatoms. The van der Waals surface area contributed by atoms with E-state index < -0.39 is 36.3 Å². The van der Waals surface area contributed by atoms with E-state index in [0.29, 0.717) is 0 Å². The number of amides is 2. The minimum Gasteiger partial charge on any atom is -0.246 e. The Balaban J connectivity index is 4.98. The van der Waals surface area contributed by atoms with E-state index in [2.05, 4.69) is 0 Å². The van der Waals surface area contributed by atoms with Crippen LogP contribution in [-0.2, 0) is 0 Å². The van der Waals surface area contributed by atoms with Gasteiger partial charge in [-0.15, -0.1) is 0 Å². The fourth-order valence-corrected chi connectivity index (χ4v) is 1.24. The van der Waals surface area contributed by atoms with Crippen molar-refractivity contribution in [2.75, 3.05) is 0 Å². The molecule has 0 aliphatic heterocycles. The fourth-order valence-electron chi connectivity index (χ4n) is 0.371. The SMILES string of the molecule is O=C(NS(F)(F)(F)(F)F)NS(F)(F)(F)(F)F. The van der Waals surface area contributed by atoms with Gasteiger partial charge in [0.05, 0.1) is 0 Å². The molecule has 0 aromatic rings. The smallest absolute Gasteiger partial charge is 0.246 e. The number of halogens is 10. The first-order valence-corrected chi connectivity index (χ1v) is 6.56. The van der Waals surface area contributed by atoms with Crippen molar-refractivity contribution in [1.29, 1.82) is 0 Å². The van der Waals surface area contributed by atoms with Crippen molar-refractivity contribution in [3.8, 4) is 0 Å². The molecule has 0 spiro atoms. The molecule has 0 fully saturated rings. The van der Waals surface area contributed by atoms with Crippen LogP contribution >= 0.6 is 20.8 Å². The number of carbonyl (C=O) groups excluding carboxylic acids is 1. The maximum atomic E-state index is 11.3. The van der Waals surface area contributed by atoms with Gasteiger partial charge in [0.2, 0.25) is 0 Å². The first-order valence-electron chi connectivity index (χ1n) is 2.66. The van der Waals surface area contributed by atoms with E-state index >= 15 is 0 Å². The second-order valence-corrected chi connectivity index (χ2v) is 6.76. The summed E-state index contributed by atoms with van der Waals surface area (Å²) in [4.78, 5) is 9.73. The van der Waals surface area contributed by atoms with Gasteiger partial charge in [-0.25, -0.2) is 14.2 Å². The van der Waals surface area contributed by atoms with E-state index in [4.69, 9.17) is 0 Å². The van der Waals surface area contributed by atoms with Gasteiger partial charge in [0.15, 0.2) is 0 Å². The Kier molecular flexibility index (Phi) is 2.04. The van der Waals surface area contributed by atoms with Crippen molar-refractivity contribution < 1.29 is 43.7 Å². The third kappa shape index (κ3) is 11.3. The molecule has 0 radical (unpaired) electrons. The number of nitrogens with one attached hydrogen (secondary N) is 2. The van der Waals surface area contributed by atoms with Crippen LogP contribution < -0.4 is 9.44 Å². The first kappa shape index (κ1) is 15.3. The van der Waals surface area contributed by atoms with Crippen LogP contribution in [0.25, 0.3) is 0 Å². The molecular weight excluding hydrogens is 310 g/mol. The van der Waals surface area contributed by atoms with Crippen LogP contribution in [0, 0.1) is 0 Å². The molecule has 2 amide bonds. The van der Waals surface area contributed by atoms with E-state index in [-0.39, 0.29) is 0 Å². The zero-order valence-corrected chi connectivity index (χ0v) is 8.14. The van der Waals surface area contributed by atoms with E-state index in [1.807, 2.05) is 0 Å². The summed E-state index contributed by atoms with van der Waals surface area (Å²) in [5, 5.41) is 0. The zero-order chi connectivity index (χ0) is 13.8. The lowest BCUT2D eigenvalue weighted by atomic mass is 11.2. The lowest BCUT2D eigenvalue weighted by Gasteiger charge is -2.44. The van der Waals surface area contributed by atoms with Crippen molar-refractivity contribution in [3.63, 3.8) is 0 Å². The number of rotatable bonds is 2. The highest BCUT2D eigenvalue weighted by atomic mass is 32.5. The maximum absolute atomic E-state index is 11.3. The lowest BCUT2D eigenvalue weighted by molar-refractivity contribution is 0.238. The molecule has 0 saturated heterocycles. The summed E-state index contributed by atoms with van der Waals surface area (Å²) in [7, 11) is -21.5. The predicted molar refractivity (Wildman–Crippen MR) is 37.9 cm³/mol. The third-order valence-electron chi connectivity index (χ3n) is 0.571. The van der Waals surface area contributed by atoms with Crippen molar-refractivity contribution in [2.24, 2.45) is 0 Å². The number of hydrogen-bond acceptors (Lipinski definition) is 1. The van der Waals surface area contributed by atoms with Crippen LogP contribution in [0.4, 0.5) is 43.7 Å². The van der Waals surface area contributed by atoms with Gasteiger partial charge in [-0.3, -0.25) is 0 Å². The Hall–Kier alpha value is -0.730. The average Bonchev–Trinajstić information content (AvgIpc) is 1.35. The van der Waals surface area contributed by atoms with Crippen LogP contribution in [-0.4, -0.2) is 6.03 Å². The van der Waals surface area contributed by atoms with Crippen LogP contribution in [0.5, 0.6) is 0 Å². The average molecular weight is 312 g/mol. The van der Waals surface area contributed by atoms with Crippen molar-refractivity contribution in [2.45, 2.75) is 0 Å². The van der Waals surface area contributed by atoms with Crippen molar-refractivity contribution >= 4 is 26.9 Å². The Morgan fingerprint density at radius 1 is 0.625 bits per heavy atom. The molecule has 0 bridgehead atoms. The highest BCUT2D eigenvalue weighted by Gasteiger charge is 2.69. The minimum absolute atomic E-state index is 1.36. The second kappa shape index (κ2) is 2.14. The van der Waals surface area contributed by atoms with Crippen LogP contribution in [0.15, 0.2) is 0 Å². The molecule has 0 aromatic carbocycles. The normalized spacial score (nSPS) is 22.1. The highest BCUT2D eigenvalue weighted by molar-refractivity contribution is 8.45. The van der Waals surface area contributed by atoms with Gasteiger partial charge < -0.3 is 0 Å². The molecule has 0 heterocycles. The topological polar surface area (TPSA) is 41.1 Å². The van der Waals surface area contributed by atoms with E-state index in [0.717, 1.165) is 0 Å². The fraction of sp³-hybridized carbons (Fsp3) is 0. The van der Waals surface area contributed by atoms with Gasteiger partial charge in [-0.1, -0.05) is 38.9 Å². The summed E-state index contributed by atoms with van der Waals surface area (Å²) in [6.45, 7) is 0. The summed E-state index contributed by atoms with van der Waals surface area (Å²) in [6.07, 6.45) is 0. The largest absolute Gasteiger partial charge is 0.365 e. The minimum atomic E-state index is -10.8. The molecule has 16 heavy (non-hydrogen) atoms. The van der Waals surface area contributed by atoms with Gasteiger partial charge in [-0.2, -0.15) is 0 Å². The molecule has 3 nitrogen and oxygen atoms in total. The van der Waals surface area contributed by atoms with Crippen molar-refractivity contribution in [1.82, 2.24) is 9.44 Å². The summed E-state index contributed by atoms with van der Waals surface area (Å²) >= 11 is 0. The molecule has 0 saturated carbocycles. The van der Waals surface area contributed by atoms with Gasteiger partial charge >= 0.3 is 26.9 Å². The molecular formula is CH2F10N2OS2. The Labute approximate surface area is 80.9 Å². The predicted octanol–water partition coefficient (Wildman–Crippen LogP) is 4.71. The molecule has 0 atom stereocenters. The number of urea groups is 1. The first-order chi connectivity index (χ1) is 6.05. The summed E-state index contributed by atoms with van der Waals surface area (Å²) in [5.74, 6) is 0. The van der Waals surface area contributed by atoms with Crippen LogP contribution in [0.2, 0.25) is 0 Å². The summed E-state index contributed by atoms with van der Waals surface area (Å²) in [6, 6.07) is -3.81. The monoisotopic (exact) mass is 312 g/mol. The van der Waals surface area contributed by atoms with Gasteiger partial charge in [0, 0.05) is 0 Å². The molecule has 0 aromatic heterocycles. The van der Waals surface area contributed by atoms with E-state index in [1.54, 1.807) is 0 Å². The van der Waals surface area contributed by atoms with E-state index in [1.165, 1.54) is 0 Å². The molecule has 0 unspecified atom stereocenters. The molecule has 0 aliphatic carbocycles. The summed E-state index contributed by atoms with van der Waals surface area (Å²) in [5.41, 5.74) is 0. The Morgan fingerprint density at radius 2 is 0.812 bits per heavy atom.